The lowest BCUT2D eigenvalue weighted by Gasteiger charge is -2.40. The molecule has 0 aliphatic carbocycles. The molecule has 5 heteroatoms. The summed E-state index contributed by atoms with van der Waals surface area (Å²) in [4.78, 5) is 26.7. The van der Waals surface area contributed by atoms with E-state index in [1.165, 1.54) is 0 Å². The van der Waals surface area contributed by atoms with Gasteiger partial charge in [-0.3, -0.25) is 9.59 Å². The van der Waals surface area contributed by atoms with Crippen LogP contribution in [0, 0.1) is 0 Å². The van der Waals surface area contributed by atoms with Crippen LogP contribution in [0.5, 0.6) is 0 Å². The molecule has 2 rings (SSSR count). The van der Waals surface area contributed by atoms with Gasteiger partial charge in [-0.25, -0.2) is 0 Å². The monoisotopic (exact) mass is 211 g/mol. The molecule has 2 heterocycles. The molecule has 5 nitrogen and oxygen atoms in total. The Balaban J connectivity index is 2.10. The minimum absolute atomic E-state index is 0.0567. The fourth-order valence-electron chi connectivity index (χ4n) is 2.32. The molecule has 0 aromatic heterocycles. The van der Waals surface area contributed by atoms with Gasteiger partial charge in [-0.2, -0.15) is 0 Å². The molecule has 15 heavy (non-hydrogen) atoms. The third-order valence-electron chi connectivity index (χ3n) is 3.09. The van der Waals surface area contributed by atoms with Crippen molar-refractivity contribution in [1.29, 1.82) is 0 Å². The highest BCUT2D eigenvalue weighted by Gasteiger charge is 2.34. The molecule has 0 saturated carbocycles. The first-order valence-corrected chi connectivity index (χ1v) is 5.47. The number of hydrogen-bond acceptors (Lipinski definition) is 3. The highest BCUT2D eigenvalue weighted by Crippen LogP contribution is 2.17. The van der Waals surface area contributed by atoms with Crippen molar-refractivity contribution in [3.63, 3.8) is 0 Å². The largest absolute Gasteiger partial charge is 0.321 e. The maximum atomic E-state index is 11.6. The zero-order valence-corrected chi connectivity index (χ0v) is 9.03. The zero-order valence-electron chi connectivity index (χ0n) is 9.03. The zero-order chi connectivity index (χ0) is 10.8. The first-order valence-electron chi connectivity index (χ1n) is 5.47. The van der Waals surface area contributed by atoms with Gasteiger partial charge >= 0.3 is 0 Å². The Labute approximate surface area is 89.4 Å². The van der Waals surface area contributed by atoms with Crippen LogP contribution in [0.4, 0.5) is 0 Å². The third kappa shape index (κ3) is 1.97. The standard InChI is InChI=1S/C10H17N3O2/c1-8(14)12-6-4-11-7-9(12)13-5-2-3-10(13)15/h9,11H,2-7H2,1H3. The summed E-state index contributed by atoms with van der Waals surface area (Å²) in [6.07, 6.45) is 1.48. The van der Waals surface area contributed by atoms with Gasteiger partial charge in [0.05, 0.1) is 0 Å². The minimum Gasteiger partial charge on any atom is -0.321 e. The van der Waals surface area contributed by atoms with Gasteiger partial charge in [0.2, 0.25) is 11.8 Å². The molecule has 0 aromatic rings. The predicted molar refractivity (Wildman–Crippen MR) is 55.0 cm³/mol. The molecule has 0 spiro atoms. The number of hydrogen-bond donors (Lipinski definition) is 1. The molecule has 2 fully saturated rings. The quantitative estimate of drug-likeness (QED) is 0.629. The van der Waals surface area contributed by atoms with Crippen LogP contribution in [-0.4, -0.2) is 54.0 Å². The second-order valence-electron chi connectivity index (χ2n) is 4.09. The Morgan fingerprint density at radius 3 is 2.87 bits per heavy atom. The van der Waals surface area contributed by atoms with E-state index in [4.69, 9.17) is 0 Å². The number of rotatable bonds is 1. The summed E-state index contributed by atoms with van der Waals surface area (Å²) >= 11 is 0. The highest BCUT2D eigenvalue weighted by atomic mass is 16.2. The number of nitrogens with zero attached hydrogens (tertiary/aromatic N) is 2. The molecular weight excluding hydrogens is 194 g/mol. The third-order valence-corrected chi connectivity index (χ3v) is 3.09. The van der Waals surface area contributed by atoms with Crippen LogP contribution < -0.4 is 5.32 Å². The average Bonchev–Trinajstić information content (AvgIpc) is 2.64. The molecular formula is C10H17N3O2. The van der Waals surface area contributed by atoms with E-state index >= 15 is 0 Å². The number of nitrogens with one attached hydrogen (secondary N) is 1. The Morgan fingerprint density at radius 1 is 1.47 bits per heavy atom. The molecule has 0 radical (unpaired) electrons. The van der Waals surface area contributed by atoms with Gasteiger partial charge in [0.15, 0.2) is 0 Å². The van der Waals surface area contributed by atoms with Crippen molar-refractivity contribution in [2.75, 3.05) is 26.2 Å². The minimum atomic E-state index is -0.0637. The number of amides is 2. The van der Waals surface area contributed by atoms with Gasteiger partial charge in [-0.15, -0.1) is 0 Å². The van der Waals surface area contributed by atoms with Gasteiger partial charge < -0.3 is 15.1 Å². The summed E-state index contributed by atoms with van der Waals surface area (Å²) in [5, 5.41) is 3.23. The molecule has 2 saturated heterocycles. The molecule has 2 amide bonds. The van der Waals surface area contributed by atoms with Crippen molar-refractivity contribution in [3.8, 4) is 0 Å². The van der Waals surface area contributed by atoms with Crippen molar-refractivity contribution < 1.29 is 9.59 Å². The van der Waals surface area contributed by atoms with Crippen LogP contribution in [0.3, 0.4) is 0 Å². The lowest BCUT2D eigenvalue weighted by molar-refractivity contribution is -0.143. The van der Waals surface area contributed by atoms with E-state index in [1.807, 2.05) is 4.90 Å². The first-order chi connectivity index (χ1) is 7.20. The number of piperazine rings is 1. The summed E-state index contributed by atoms with van der Waals surface area (Å²) in [7, 11) is 0. The van der Waals surface area contributed by atoms with Crippen LogP contribution in [0.1, 0.15) is 19.8 Å². The van der Waals surface area contributed by atoms with E-state index in [0.29, 0.717) is 19.5 Å². The van der Waals surface area contributed by atoms with Crippen LogP contribution in [-0.2, 0) is 9.59 Å². The predicted octanol–water partition coefficient (Wildman–Crippen LogP) is -0.613. The number of carbonyl (C=O) groups is 2. The summed E-state index contributed by atoms with van der Waals surface area (Å²) in [6.45, 7) is 4.57. The van der Waals surface area contributed by atoms with E-state index in [2.05, 4.69) is 5.32 Å². The molecule has 1 atom stereocenters. The topological polar surface area (TPSA) is 52.7 Å². The smallest absolute Gasteiger partial charge is 0.224 e. The Kier molecular flexibility index (Phi) is 2.90. The van der Waals surface area contributed by atoms with E-state index in [-0.39, 0.29) is 18.0 Å². The number of likely N-dealkylation sites (tertiary alicyclic amines) is 1. The lowest BCUT2D eigenvalue weighted by atomic mass is 10.2. The Morgan fingerprint density at radius 2 is 2.27 bits per heavy atom. The van der Waals surface area contributed by atoms with Crippen LogP contribution in [0.15, 0.2) is 0 Å². The fraction of sp³-hybridized carbons (Fsp3) is 0.800. The van der Waals surface area contributed by atoms with Gasteiger partial charge in [-0.1, -0.05) is 0 Å². The van der Waals surface area contributed by atoms with Crippen molar-refractivity contribution >= 4 is 11.8 Å². The summed E-state index contributed by atoms with van der Waals surface area (Å²) < 4.78 is 0. The maximum Gasteiger partial charge on any atom is 0.224 e. The SMILES string of the molecule is CC(=O)N1CCNCC1N1CCCC1=O. The fourth-order valence-corrected chi connectivity index (χ4v) is 2.32. The molecule has 2 aliphatic heterocycles. The van der Waals surface area contributed by atoms with E-state index in [9.17, 15) is 9.59 Å². The Bertz CT molecular complexity index is 278. The normalized spacial score (nSPS) is 27.3. The lowest BCUT2D eigenvalue weighted by Crippen LogP contribution is -2.60. The second-order valence-corrected chi connectivity index (χ2v) is 4.09. The Hall–Kier alpha value is -1.10. The van der Waals surface area contributed by atoms with Gasteiger partial charge in [0.1, 0.15) is 6.17 Å². The van der Waals surface area contributed by atoms with Gasteiger partial charge in [0.25, 0.3) is 0 Å². The molecule has 1 unspecified atom stereocenters. The summed E-state index contributed by atoms with van der Waals surface area (Å²) in [5.41, 5.74) is 0. The maximum absolute atomic E-state index is 11.6. The van der Waals surface area contributed by atoms with E-state index in [1.54, 1.807) is 11.8 Å². The van der Waals surface area contributed by atoms with Crippen molar-refractivity contribution in [3.05, 3.63) is 0 Å². The second kappa shape index (κ2) is 4.18. The van der Waals surface area contributed by atoms with E-state index in [0.717, 1.165) is 19.5 Å². The van der Waals surface area contributed by atoms with Gasteiger partial charge in [-0.05, 0) is 6.42 Å². The van der Waals surface area contributed by atoms with Crippen molar-refractivity contribution in [1.82, 2.24) is 15.1 Å². The molecule has 0 aromatic carbocycles. The summed E-state index contributed by atoms with van der Waals surface area (Å²) in [5.74, 6) is 0.233. The van der Waals surface area contributed by atoms with Crippen LogP contribution in [0.25, 0.3) is 0 Å². The van der Waals surface area contributed by atoms with Crippen molar-refractivity contribution in [2.45, 2.75) is 25.9 Å². The summed E-state index contributed by atoms with van der Waals surface area (Å²) in [6, 6.07) is 0. The van der Waals surface area contributed by atoms with Crippen molar-refractivity contribution in [2.24, 2.45) is 0 Å². The first kappa shape index (κ1) is 10.4. The molecule has 2 aliphatic rings. The number of carbonyl (C=O) groups excluding carboxylic acids is 2. The van der Waals surface area contributed by atoms with E-state index < -0.39 is 0 Å². The van der Waals surface area contributed by atoms with Crippen LogP contribution >= 0.6 is 0 Å². The average molecular weight is 211 g/mol. The highest BCUT2D eigenvalue weighted by molar-refractivity contribution is 5.80. The molecule has 1 N–H and O–H groups in total. The molecule has 84 valence electrons. The van der Waals surface area contributed by atoms with Crippen LogP contribution in [0.2, 0.25) is 0 Å². The van der Waals surface area contributed by atoms with Gasteiger partial charge in [0, 0.05) is 39.5 Å². The molecule has 0 bridgehead atoms.